The average molecular weight is 212 g/mol. The van der Waals surface area contributed by atoms with E-state index in [0.29, 0.717) is 13.2 Å². The van der Waals surface area contributed by atoms with Gasteiger partial charge < -0.3 is 0 Å². The lowest BCUT2D eigenvalue weighted by atomic mass is 10.2. The lowest BCUT2D eigenvalue weighted by Crippen LogP contribution is -2.16. The summed E-state index contributed by atoms with van der Waals surface area (Å²) in [6.07, 6.45) is 0. The molecule has 76 valence electrons. The monoisotopic (exact) mass is 211 g/mol. The highest BCUT2D eigenvalue weighted by Crippen LogP contribution is 1.99. The van der Waals surface area contributed by atoms with Crippen LogP contribution in [0.1, 0.15) is 12.5 Å². The number of nitrogens with one attached hydrogen (secondary N) is 1. The zero-order chi connectivity index (χ0) is 10.2. The van der Waals surface area contributed by atoms with Crippen molar-refractivity contribution in [3.8, 4) is 0 Å². The first-order chi connectivity index (χ1) is 6.83. The average Bonchev–Trinajstić information content (AvgIpc) is 2.25. The van der Waals surface area contributed by atoms with Crippen LogP contribution in [-0.2, 0) is 11.4 Å². The molecule has 14 heavy (non-hydrogen) atoms. The van der Waals surface area contributed by atoms with E-state index in [1.54, 1.807) is 5.54 Å². The van der Waals surface area contributed by atoms with Crippen LogP contribution in [0.5, 0.6) is 0 Å². The molecule has 0 saturated heterocycles. The quantitative estimate of drug-likeness (QED) is 0.598. The second-order valence-electron chi connectivity index (χ2n) is 3.05. The molecule has 3 heteroatoms. The van der Waals surface area contributed by atoms with Gasteiger partial charge >= 0.3 is 0 Å². The van der Waals surface area contributed by atoms with Crippen LogP contribution >= 0.6 is 11.6 Å². The third kappa shape index (κ3) is 4.42. The van der Waals surface area contributed by atoms with Crippen molar-refractivity contribution in [2.45, 2.75) is 13.5 Å². The second-order valence-corrected chi connectivity index (χ2v) is 3.27. The predicted molar refractivity (Wildman–Crippen MR) is 58.8 cm³/mol. The van der Waals surface area contributed by atoms with Gasteiger partial charge in [-0.1, -0.05) is 41.9 Å². The molecule has 1 aromatic carbocycles. The molecule has 0 heterocycles. The predicted octanol–water partition coefficient (Wildman–Crippen LogP) is 2.85. The van der Waals surface area contributed by atoms with E-state index < -0.39 is 0 Å². The van der Waals surface area contributed by atoms with Gasteiger partial charge in [-0.25, -0.2) is 0 Å². The Morgan fingerprint density at radius 3 is 2.79 bits per heavy atom. The van der Waals surface area contributed by atoms with E-state index in [4.69, 9.17) is 16.4 Å². The Bertz CT molecular complexity index is 285. The molecule has 0 aromatic heterocycles. The maximum atomic E-state index is 5.49. The van der Waals surface area contributed by atoms with Crippen molar-refractivity contribution in [3.63, 3.8) is 0 Å². The molecule has 0 aliphatic carbocycles. The Labute approximate surface area is 89.5 Å². The summed E-state index contributed by atoms with van der Waals surface area (Å²) in [5.74, 6) is 0. The van der Waals surface area contributed by atoms with E-state index in [-0.39, 0.29) is 0 Å². The highest BCUT2D eigenvalue weighted by Gasteiger charge is 1.91. The Morgan fingerprint density at radius 1 is 1.43 bits per heavy atom. The summed E-state index contributed by atoms with van der Waals surface area (Å²) in [5, 5.41) is 0. The van der Waals surface area contributed by atoms with Gasteiger partial charge in [0, 0.05) is 12.1 Å². The standard InChI is InChI=1S/C11H14ClNO/c1-10(7-12)8-13-14-9-11-5-3-2-4-6-11/h2-7,13H,8-9H2,1H3/b10-7-. The summed E-state index contributed by atoms with van der Waals surface area (Å²) < 4.78 is 0. The summed E-state index contributed by atoms with van der Waals surface area (Å²) in [6.45, 7) is 3.15. The number of hydrogen-bond donors (Lipinski definition) is 1. The molecule has 0 aliphatic rings. The molecular formula is C11H14ClNO. The van der Waals surface area contributed by atoms with Gasteiger partial charge in [0.05, 0.1) is 6.61 Å². The van der Waals surface area contributed by atoms with Gasteiger partial charge in [0.25, 0.3) is 0 Å². The molecule has 0 atom stereocenters. The Balaban J connectivity index is 2.17. The van der Waals surface area contributed by atoms with E-state index in [1.165, 1.54) is 0 Å². The topological polar surface area (TPSA) is 21.3 Å². The first-order valence-electron chi connectivity index (χ1n) is 4.47. The van der Waals surface area contributed by atoms with Crippen LogP contribution in [0.3, 0.4) is 0 Å². The van der Waals surface area contributed by atoms with Crippen molar-refractivity contribution >= 4 is 11.6 Å². The molecule has 1 N–H and O–H groups in total. The highest BCUT2D eigenvalue weighted by atomic mass is 35.5. The van der Waals surface area contributed by atoms with Gasteiger partial charge in [-0.2, -0.15) is 5.48 Å². The second kappa shape index (κ2) is 6.60. The van der Waals surface area contributed by atoms with E-state index in [0.717, 1.165) is 11.1 Å². The van der Waals surface area contributed by atoms with E-state index in [2.05, 4.69) is 5.48 Å². The Hall–Kier alpha value is -0.830. The Kier molecular flexibility index (Phi) is 5.30. The van der Waals surface area contributed by atoms with E-state index in [1.807, 2.05) is 37.3 Å². The van der Waals surface area contributed by atoms with Crippen molar-refractivity contribution in [2.75, 3.05) is 6.54 Å². The minimum Gasteiger partial charge on any atom is -0.297 e. The van der Waals surface area contributed by atoms with Gasteiger partial charge in [0.15, 0.2) is 0 Å². The lowest BCUT2D eigenvalue weighted by molar-refractivity contribution is 0.0337. The molecule has 0 fully saturated rings. The van der Waals surface area contributed by atoms with Crippen LogP contribution in [0.25, 0.3) is 0 Å². The van der Waals surface area contributed by atoms with E-state index in [9.17, 15) is 0 Å². The third-order valence-electron chi connectivity index (χ3n) is 1.72. The van der Waals surface area contributed by atoms with Crippen LogP contribution in [0.4, 0.5) is 0 Å². The smallest absolute Gasteiger partial charge is 0.0933 e. The lowest BCUT2D eigenvalue weighted by Gasteiger charge is -2.05. The van der Waals surface area contributed by atoms with Crippen molar-refractivity contribution < 1.29 is 4.84 Å². The fraction of sp³-hybridized carbons (Fsp3) is 0.273. The molecule has 0 radical (unpaired) electrons. The molecule has 0 spiro atoms. The third-order valence-corrected chi connectivity index (χ3v) is 2.09. The van der Waals surface area contributed by atoms with E-state index >= 15 is 0 Å². The SMILES string of the molecule is C/C(=C/Cl)CNOCc1ccccc1. The molecule has 0 saturated carbocycles. The molecule has 1 rings (SSSR count). The molecular weight excluding hydrogens is 198 g/mol. The fourth-order valence-corrected chi connectivity index (χ4v) is 0.989. The number of hydrogen-bond acceptors (Lipinski definition) is 2. The minimum absolute atomic E-state index is 0.566. The molecule has 0 bridgehead atoms. The van der Waals surface area contributed by atoms with Crippen LogP contribution < -0.4 is 5.48 Å². The van der Waals surface area contributed by atoms with Gasteiger partial charge in [-0.3, -0.25) is 4.84 Å². The molecule has 0 aliphatic heterocycles. The maximum absolute atomic E-state index is 5.49. The minimum atomic E-state index is 0.566. The van der Waals surface area contributed by atoms with Gasteiger partial charge in [-0.15, -0.1) is 0 Å². The molecule has 2 nitrogen and oxygen atoms in total. The number of halogens is 1. The zero-order valence-electron chi connectivity index (χ0n) is 8.16. The number of rotatable bonds is 5. The summed E-state index contributed by atoms with van der Waals surface area (Å²) >= 11 is 5.49. The fourth-order valence-electron chi connectivity index (χ4n) is 0.912. The van der Waals surface area contributed by atoms with Gasteiger partial charge in [-0.05, 0) is 18.1 Å². The van der Waals surface area contributed by atoms with Crippen LogP contribution in [0, 0.1) is 0 Å². The summed E-state index contributed by atoms with van der Waals surface area (Å²) in [6, 6.07) is 10.0. The van der Waals surface area contributed by atoms with Crippen molar-refractivity contribution in [1.82, 2.24) is 5.48 Å². The largest absolute Gasteiger partial charge is 0.297 e. The first-order valence-corrected chi connectivity index (χ1v) is 4.91. The molecule has 0 amide bonds. The molecule has 1 aromatic rings. The Morgan fingerprint density at radius 2 is 2.14 bits per heavy atom. The summed E-state index contributed by atoms with van der Waals surface area (Å²) in [7, 11) is 0. The summed E-state index contributed by atoms with van der Waals surface area (Å²) in [5.41, 5.74) is 6.56. The first kappa shape index (κ1) is 11.2. The normalized spacial score (nSPS) is 11.7. The zero-order valence-corrected chi connectivity index (χ0v) is 8.92. The number of hydroxylamine groups is 1. The van der Waals surface area contributed by atoms with Crippen molar-refractivity contribution in [1.29, 1.82) is 0 Å². The van der Waals surface area contributed by atoms with Crippen LogP contribution in [-0.4, -0.2) is 6.54 Å². The van der Waals surface area contributed by atoms with Crippen LogP contribution in [0.15, 0.2) is 41.4 Å². The van der Waals surface area contributed by atoms with Crippen molar-refractivity contribution in [3.05, 3.63) is 47.0 Å². The van der Waals surface area contributed by atoms with Crippen LogP contribution in [0.2, 0.25) is 0 Å². The molecule has 0 unspecified atom stereocenters. The maximum Gasteiger partial charge on any atom is 0.0933 e. The van der Waals surface area contributed by atoms with Gasteiger partial charge in [0.2, 0.25) is 0 Å². The van der Waals surface area contributed by atoms with Gasteiger partial charge in [0.1, 0.15) is 0 Å². The number of benzene rings is 1. The summed E-state index contributed by atoms with van der Waals surface area (Å²) in [4.78, 5) is 5.24. The van der Waals surface area contributed by atoms with Crippen molar-refractivity contribution in [2.24, 2.45) is 0 Å². The highest BCUT2D eigenvalue weighted by molar-refractivity contribution is 6.25.